The number of aliphatic hydroxyl groups excluding tert-OH is 1. The van der Waals surface area contributed by atoms with E-state index in [9.17, 15) is 5.11 Å². The van der Waals surface area contributed by atoms with E-state index in [0.29, 0.717) is 0 Å². The van der Waals surface area contributed by atoms with Crippen LogP contribution in [-0.4, -0.2) is 12.2 Å². The molecule has 1 atom stereocenters. The lowest BCUT2D eigenvalue weighted by molar-refractivity contribution is 0.174. The standard InChI is InChI=1S/C16H19NO/c1-3-16(18)14-11-7-8-12-15(14)17(2)13-9-5-4-6-10-13/h4-12,16,18H,3H2,1-2H3/t16-/m1/s1. The largest absolute Gasteiger partial charge is 0.388 e. The smallest absolute Gasteiger partial charge is 0.0807 e. The van der Waals surface area contributed by atoms with Gasteiger partial charge in [0.1, 0.15) is 0 Å². The summed E-state index contributed by atoms with van der Waals surface area (Å²) in [7, 11) is 2.02. The van der Waals surface area contributed by atoms with Gasteiger partial charge in [-0.25, -0.2) is 0 Å². The van der Waals surface area contributed by atoms with Crippen molar-refractivity contribution in [2.45, 2.75) is 19.4 Å². The van der Waals surface area contributed by atoms with Crippen LogP contribution in [0.3, 0.4) is 0 Å². The monoisotopic (exact) mass is 241 g/mol. The van der Waals surface area contributed by atoms with E-state index in [1.54, 1.807) is 0 Å². The topological polar surface area (TPSA) is 23.5 Å². The van der Waals surface area contributed by atoms with Crippen molar-refractivity contribution in [1.82, 2.24) is 0 Å². The minimum atomic E-state index is -0.410. The highest BCUT2D eigenvalue weighted by Crippen LogP contribution is 2.31. The van der Waals surface area contributed by atoms with Gasteiger partial charge < -0.3 is 10.0 Å². The Morgan fingerprint density at radius 1 is 1.00 bits per heavy atom. The van der Waals surface area contributed by atoms with E-state index in [1.807, 2.05) is 56.4 Å². The van der Waals surface area contributed by atoms with Gasteiger partial charge >= 0.3 is 0 Å². The summed E-state index contributed by atoms with van der Waals surface area (Å²) in [4.78, 5) is 2.11. The Balaban J connectivity index is 2.39. The van der Waals surface area contributed by atoms with Gasteiger partial charge in [0.25, 0.3) is 0 Å². The molecule has 0 spiro atoms. The molecule has 2 heteroatoms. The van der Waals surface area contributed by atoms with E-state index in [2.05, 4.69) is 17.0 Å². The predicted octanol–water partition coefficient (Wildman–Crippen LogP) is 3.90. The zero-order chi connectivity index (χ0) is 13.0. The molecule has 0 bridgehead atoms. The fourth-order valence-electron chi connectivity index (χ4n) is 2.09. The van der Waals surface area contributed by atoms with Gasteiger partial charge in [-0.15, -0.1) is 0 Å². The quantitative estimate of drug-likeness (QED) is 0.877. The van der Waals surface area contributed by atoms with Crippen molar-refractivity contribution in [3.63, 3.8) is 0 Å². The Hall–Kier alpha value is -1.80. The molecule has 18 heavy (non-hydrogen) atoms. The summed E-state index contributed by atoms with van der Waals surface area (Å²) in [6, 6.07) is 18.2. The van der Waals surface area contributed by atoms with E-state index in [-0.39, 0.29) is 0 Å². The van der Waals surface area contributed by atoms with Crippen molar-refractivity contribution < 1.29 is 5.11 Å². The van der Waals surface area contributed by atoms with E-state index in [1.165, 1.54) is 0 Å². The number of hydrogen-bond donors (Lipinski definition) is 1. The first kappa shape index (κ1) is 12.7. The van der Waals surface area contributed by atoms with E-state index in [4.69, 9.17) is 0 Å². The van der Waals surface area contributed by atoms with Crippen LogP contribution in [0.25, 0.3) is 0 Å². The van der Waals surface area contributed by atoms with Gasteiger partial charge in [-0.2, -0.15) is 0 Å². The van der Waals surface area contributed by atoms with Crippen LogP contribution >= 0.6 is 0 Å². The Morgan fingerprint density at radius 3 is 2.28 bits per heavy atom. The van der Waals surface area contributed by atoms with Crippen LogP contribution in [0.15, 0.2) is 54.6 Å². The third-order valence-electron chi connectivity index (χ3n) is 3.19. The van der Waals surface area contributed by atoms with Gasteiger partial charge in [-0.1, -0.05) is 43.3 Å². The maximum atomic E-state index is 10.1. The van der Waals surface area contributed by atoms with Crippen molar-refractivity contribution in [1.29, 1.82) is 0 Å². The van der Waals surface area contributed by atoms with E-state index >= 15 is 0 Å². The van der Waals surface area contributed by atoms with Crippen LogP contribution in [0.1, 0.15) is 25.0 Å². The molecule has 0 aliphatic rings. The molecular formula is C16H19NO. The molecule has 0 aliphatic heterocycles. The molecule has 0 amide bonds. The first-order valence-electron chi connectivity index (χ1n) is 6.29. The average molecular weight is 241 g/mol. The Kier molecular flexibility index (Phi) is 4.00. The average Bonchev–Trinajstić information content (AvgIpc) is 2.46. The molecule has 1 N–H and O–H groups in total. The van der Waals surface area contributed by atoms with Crippen LogP contribution in [0.2, 0.25) is 0 Å². The highest BCUT2D eigenvalue weighted by molar-refractivity contribution is 5.66. The van der Waals surface area contributed by atoms with Crippen LogP contribution in [0.4, 0.5) is 11.4 Å². The second kappa shape index (κ2) is 5.69. The number of para-hydroxylation sites is 2. The number of benzene rings is 2. The Morgan fingerprint density at radius 2 is 1.61 bits per heavy atom. The minimum absolute atomic E-state index is 0.410. The first-order valence-corrected chi connectivity index (χ1v) is 6.29. The third-order valence-corrected chi connectivity index (χ3v) is 3.19. The molecule has 0 saturated carbocycles. The van der Waals surface area contributed by atoms with Crippen LogP contribution in [0.5, 0.6) is 0 Å². The highest BCUT2D eigenvalue weighted by Gasteiger charge is 2.13. The predicted molar refractivity (Wildman–Crippen MR) is 76.2 cm³/mol. The maximum Gasteiger partial charge on any atom is 0.0807 e. The molecule has 0 saturated heterocycles. The van der Waals surface area contributed by atoms with Gasteiger partial charge in [0.15, 0.2) is 0 Å². The second-order valence-corrected chi connectivity index (χ2v) is 4.38. The zero-order valence-corrected chi connectivity index (χ0v) is 10.9. The molecule has 2 rings (SSSR count). The van der Waals surface area contributed by atoms with Crippen LogP contribution in [-0.2, 0) is 0 Å². The maximum absolute atomic E-state index is 10.1. The number of aliphatic hydroxyl groups is 1. The molecule has 0 aromatic heterocycles. The van der Waals surface area contributed by atoms with Crippen molar-refractivity contribution in [3.8, 4) is 0 Å². The van der Waals surface area contributed by atoms with E-state index < -0.39 is 6.10 Å². The van der Waals surface area contributed by atoms with Crippen LogP contribution in [0, 0.1) is 0 Å². The third kappa shape index (κ3) is 2.54. The normalized spacial score (nSPS) is 12.2. The number of rotatable bonds is 4. The van der Waals surface area contributed by atoms with Crippen LogP contribution < -0.4 is 4.90 Å². The summed E-state index contributed by atoms with van der Waals surface area (Å²) in [5.41, 5.74) is 3.15. The summed E-state index contributed by atoms with van der Waals surface area (Å²) in [6.07, 6.45) is 0.312. The molecular weight excluding hydrogens is 222 g/mol. The lowest BCUT2D eigenvalue weighted by Gasteiger charge is -2.24. The van der Waals surface area contributed by atoms with Crippen molar-refractivity contribution in [2.75, 3.05) is 11.9 Å². The Labute approximate surface area is 109 Å². The van der Waals surface area contributed by atoms with Gasteiger partial charge in [0.2, 0.25) is 0 Å². The molecule has 2 aromatic rings. The first-order chi connectivity index (χ1) is 8.74. The lowest BCUT2D eigenvalue weighted by atomic mass is 10.0. The summed E-state index contributed by atoms with van der Waals surface area (Å²) >= 11 is 0. The lowest BCUT2D eigenvalue weighted by Crippen LogP contribution is -2.13. The molecule has 0 heterocycles. The molecule has 0 unspecified atom stereocenters. The zero-order valence-electron chi connectivity index (χ0n) is 10.9. The number of nitrogens with zero attached hydrogens (tertiary/aromatic N) is 1. The molecule has 2 nitrogen and oxygen atoms in total. The summed E-state index contributed by atoms with van der Waals surface area (Å²) in [5.74, 6) is 0. The fourth-order valence-corrected chi connectivity index (χ4v) is 2.09. The van der Waals surface area contributed by atoms with Gasteiger partial charge in [-0.05, 0) is 24.6 Å². The van der Waals surface area contributed by atoms with Gasteiger partial charge in [0.05, 0.1) is 6.10 Å². The summed E-state index contributed by atoms with van der Waals surface area (Å²) in [6.45, 7) is 1.99. The molecule has 0 radical (unpaired) electrons. The van der Waals surface area contributed by atoms with Gasteiger partial charge in [-0.3, -0.25) is 0 Å². The van der Waals surface area contributed by atoms with Crippen molar-refractivity contribution >= 4 is 11.4 Å². The second-order valence-electron chi connectivity index (χ2n) is 4.38. The van der Waals surface area contributed by atoms with Gasteiger partial charge in [0, 0.05) is 24.0 Å². The number of anilines is 2. The minimum Gasteiger partial charge on any atom is -0.388 e. The molecule has 94 valence electrons. The molecule has 2 aromatic carbocycles. The van der Waals surface area contributed by atoms with Crippen molar-refractivity contribution in [2.24, 2.45) is 0 Å². The van der Waals surface area contributed by atoms with Crippen molar-refractivity contribution in [3.05, 3.63) is 60.2 Å². The van der Waals surface area contributed by atoms with E-state index in [0.717, 1.165) is 23.4 Å². The SMILES string of the molecule is CC[C@@H](O)c1ccccc1N(C)c1ccccc1. The highest BCUT2D eigenvalue weighted by atomic mass is 16.3. The summed E-state index contributed by atoms with van der Waals surface area (Å²) in [5, 5.41) is 10.1. The summed E-state index contributed by atoms with van der Waals surface area (Å²) < 4.78 is 0. The number of hydrogen-bond acceptors (Lipinski definition) is 2. The molecule has 0 aliphatic carbocycles. The Bertz CT molecular complexity index is 495. The molecule has 0 fully saturated rings. The fraction of sp³-hybridized carbons (Fsp3) is 0.250.